The SMILES string of the molecule is Cc1c(C(=O)N2CCc3ccccc32)nnn1-c1cccc([N+](=O)[O-])c1. The molecule has 130 valence electrons. The number of nitro groups is 1. The lowest BCUT2D eigenvalue weighted by Gasteiger charge is -2.16. The van der Waals surface area contributed by atoms with Gasteiger partial charge in [0, 0.05) is 24.4 Å². The van der Waals surface area contributed by atoms with Crippen molar-refractivity contribution < 1.29 is 9.72 Å². The van der Waals surface area contributed by atoms with Crippen LogP contribution in [0, 0.1) is 17.0 Å². The molecule has 2 heterocycles. The molecule has 0 aliphatic carbocycles. The van der Waals surface area contributed by atoms with Crippen molar-refractivity contribution in [1.29, 1.82) is 0 Å². The summed E-state index contributed by atoms with van der Waals surface area (Å²) >= 11 is 0. The fourth-order valence-electron chi connectivity index (χ4n) is 3.19. The van der Waals surface area contributed by atoms with Crippen LogP contribution in [0.4, 0.5) is 11.4 Å². The molecule has 0 saturated carbocycles. The van der Waals surface area contributed by atoms with Crippen LogP contribution in [-0.2, 0) is 6.42 Å². The molecule has 2 aromatic carbocycles. The second kappa shape index (κ2) is 6.07. The number of amides is 1. The summed E-state index contributed by atoms with van der Waals surface area (Å²) in [6, 6.07) is 13.9. The Hall–Kier alpha value is -3.55. The van der Waals surface area contributed by atoms with Crippen LogP contribution >= 0.6 is 0 Å². The summed E-state index contributed by atoms with van der Waals surface area (Å²) in [5, 5.41) is 19.0. The van der Waals surface area contributed by atoms with Gasteiger partial charge in [0.15, 0.2) is 5.69 Å². The number of para-hydroxylation sites is 1. The average Bonchev–Trinajstić information content (AvgIpc) is 3.25. The number of hydrogen-bond donors (Lipinski definition) is 0. The lowest BCUT2D eigenvalue weighted by atomic mass is 10.2. The minimum atomic E-state index is -0.469. The number of rotatable bonds is 3. The molecule has 0 bridgehead atoms. The van der Waals surface area contributed by atoms with Crippen molar-refractivity contribution >= 4 is 17.3 Å². The van der Waals surface area contributed by atoms with Gasteiger partial charge in [0.1, 0.15) is 0 Å². The van der Waals surface area contributed by atoms with E-state index in [1.54, 1.807) is 24.0 Å². The number of nitro benzene ring substituents is 1. The summed E-state index contributed by atoms with van der Waals surface area (Å²) in [6.07, 6.45) is 0.806. The van der Waals surface area contributed by atoms with E-state index in [1.165, 1.54) is 16.8 Å². The number of fused-ring (bicyclic) bond motifs is 1. The van der Waals surface area contributed by atoms with Crippen molar-refractivity contribution in [2.24, 2.45) is 0 Å². The topological polar surface area (TPSA) is 94.2 Å². The normalized spacial score (nSPS) is 12.9. The number of hydrogen-bond acceptors (Lipinski definition) is 5. The van der Waals surface area contributed by atoms with Crippen LogP contribution in [0.5, 0.6) is 0 Å². The molecule has 0 spiro atoms. The lowest BCUT2D eigenvalue weighted by molar-refractivity contribution is -0.384. The molecule has 4 rings (SSSR count). The first-order valence-corrected chi connectivity index (χ1v) is 8.13. The molecule has 0 saturated heterocycles. The Labute approximate surface area is 148 Å². The molecule has 8 heteroatoms. The first kappa shape index (κ1) is 15.9. The quantitative estimate of drug-likeness (QED) is 0.535. The Balaban J connectivity index is 1.69. The van der Waals surface area contributed by atoms with Crippen molar-refractivity contribution in [3.63, 3.8) is 0 Å². The molecule has 26 heavy (non-hydrogen) atoms. The average molecular weight is 349 g/mol. The summed E-state index contributed by atoms with van der Waals surface area (Å²) in [5.74, 6) is -0.218. The number of anilines is 1. The Morgan fingerprint density at radius 2 is 2.00 bits per heavy atom. The molecule has 1 aliphatic heterocycles. The number of carbonyl (C=O) groups is 1. The summed E-state index contributed by atoms with van der Waals surface area (Å²) in [5.41, 5.74) is 3.25. The van der Waals surface area contributed by atoms with Crippen LogP contribution < -0.4 is 4.90 Å². The molecule has 1 aromatic heterocycles. The molecule has 0 radical (unpaired) electrons. The summed E-state index contributed by atoms with van der Waals surface area (Å²) in [4.78, 5) is 25.2. The van der Waals surface area contributed by atoms with Gasteiger partial charge in [-0.15, -0.1) is 5.10 Å². The highest BCUT2D eigenvalue weighted by molar-refractivity contribution is 6.06. The largest absolute Gasteiger partial charge is 0.306 e. The van der Waals surface area contributed by atoms with E-state index in [1.807, 2.05) is 24.3 Å². The molecule has 1 aliphatic rings. The van der Waals surface area contributed by atoms with Gasteiger partial charge in [0.05, 0.1) is 16.3 Å². The number of nitrogens with zero attached hydrogens (tertiary/aromatic N) is 5. The minimum Gasteiger partial charge on any atom is -0.306 e. The van der Waals surface area contributed by atoms with Crippen LogP contribution in [0.25, 0.3) is 5.69 Å². The van der Waals surface area contributed by atoms with Crippen LogP contribution in [0.2, 0.25) is 0 Å². The second-order valence-electron chi connectivity index (χ2n) is 6.05. The van der Waals surface area contributed by atoms with Crippen LogP contribution in [0.15, 0.2) is 48.5 Å². The third-order valence-corrected chi connectivity index (χ3v) is 4.51. The van der Waals surface area contributed by atoms with Crippen LogP contribution in [-0.4, -0.2) is 32.4 Å². The van der Waals surface area contributed by atoms with E-state index in [9.17, 15) is 14.9 Å². The highest BCUT2D eigenvalue weighted by atomic mass is 16.6. The zero-order valence-corrected chi connectivity index (χ0v) is 14.0. The van der Waals surface area contributed by atoms with Gasteiger partial charge in [-0.05, 0) is 31.0 Å². The Bertz CT molecular complexity index is 1030. The molecule has 8 nitrogen and oxygen atoms in total. The van der Waals surface area contributed by atoms with E-state index in [-0.39, 0.29) is 17.3 Å². The van der Waals surface area contributed by atoms with Crippen LogP contribution in [0.1, 0.15) is 21.7 Å². The van der Waals surface area contributed by atoms with Gasteiger partial charge < -0.3 is 4.90 Å². The van der Waals surface area contributed by atoms with Gasteiger partial charge in [-0.1, -0.05) is 29.5 Å². The molecule has 0 unspecified atom stereocenters. The van der Waals surface area contributed by atoms with E-state index < -0.39 is 4.92 Å². The Kier molecular flexibility index (Phi) is 3.72. The fourth-order valence-corrected chi connectivity index (χ4v) is 3.19. The van der Waals surface area contributed by atoms with Crippen molar-refractivity contribution in [2.75, 3.05) is 11.4 Å². The maximum atomic E-state index is 13.0. The number of benzene rings is 2. The third-order valence-electron chi connectivity index (χ3n) is 4.51. The second-order valence-corrected chi connectivity index (χ2v) is 6.05. The highest BCUT2D eigenvalue weighted by Crippen LogP contribution is 2.29. The van der Waals surface area contributed by atoms with E-state index in [4.69, 9.17) is 0 Å². The van der Waals surface area contributed by atoms with Crippen LogP contribution in [0.3, 0.4) is 0 Å². The monoisotopic (exact) mass is 349 g/mol. The van der Waals surface area contributed by atoms with Gasteiger partial charge in [-0.25, -0.2) is 4.68 Å². The highest BCUT2D eigenvalue weighted by Gasteiger charge is 2.29. The van der Waals surface area contributed by atoms with Gasteiger partial charge in [-0.3, -0.25) is 14.9 Å². The lowest BCUT2D eigenvalue weighted by Crippen LogP contribution is -2.29. The zero-order chi connectivity index (χ0) is 18.3. The fraction of sp³-hybridized carbons (Fsp3) is 0.167. The van der Waals surface area contributed by atoms with E-state index in [0.717, 1.165) is 17.7 Å². The smallest absolute Gasteiger partial charge is 0.280 e. The van der Waals surface area contributed by atoms with Crippen molar-refractivity contribution in [2.45, 2.75) is 13.3 Å². The third kappa shape index (κ3) is 2.52. The minimum absolute atomic E-state index is 0.0428. The summed E-state index contributed by atoms with van der Waals surface area (Å²) < 4.78 is 1.45. The van der Waals surface area contributed by atoms with Gasteiger partial charge in [0.2, 0.25) is 0 Å². The first-order valence-electron chi connectivity index (χ1n) is 8.13. The predicted molar refractivity (Wildman–Crippen MR) is 94.6 cm³/mol. The molecule has 1 amide bonds. The molecular weight excluding hydrogens is 334 g/mol. The zero-order valence-electron chi connectivity index (χ0n) is 14.0. The van der Waals surface area contributed by atoms with Crippen molar-refractivity contribution in [1.82, 2.24) is 15.0 Å². The van der Waals surface area contributed by atoms with Gasteiger partial charge in [-0.2, -0.15) is 0 Å². The van der Waals surface area contributed by atoms with Gasteiger partial charge in [0.25, 0.3) is 11.6 Å². The molecule has 0 N–H and O–H groups in total. The molecule has 0 fully saturated rings. The molecular formula is C18H15N5O3. The number of aromatic nitrogens is 3. The molecule has 3 aromatic rings. The Morgan fingerprint density at radius 3 is 2.81 bits per heavy atom. The van der Waals surface area contributed by atoms with E-state index >= 15 is 0 Å². The van der Waals surface area contributed by atoms with Crippen molar-refractivity contribution in [3.05, 3.63) is 75.6 Å². The summed E-state index contributed by atoms with van der Waals surface area (Å²) in [7, 11) is 0. The first-order chi connectivity index (χ1) is 12.6. The van der Waals surface area contributed by atoms with Gasteiger partial charge >= 0.3 is 0 Å². The molecule has 0 atom stereocenters. The number of carbonyl (C=O) groups excluding carboxylic acids is 1. The number of non-ortho nitro benzene ring substituents is 1. The van der Waals surface area contributed by atoms with Crippen molar-refractivity contribution in [3.8, 4) is 5.69 Å². The Morgan fingerprint density at radius 1 is 1.19 bits per heavy atom. The summed E-state index contributed by atoms with van der Waals surface area (Å²) in [6.45, 7) is 2.33. The predicted octanol–water partition coefficient (Wildman–Crippen LogP) is 2.69. The van der Waals surface area contributed by atoms with E-state index in [0.29, 0.717) is 17.9 Å². The standard InChI is InChI=1S/C18H15N5O3/c1-12-17(18(24)21-10-9-13-5-2-3-8-16(13)21)19-20-22(12)14-6-4-7-15(11-14)23(25)26/h2-8,11H,9-10H2,1H3. The van der Waals surface area contributed by atoms with E-state index in [2.05, 4.69) is 10.3 Å². The maximum Gasteiger partial charge on any atom is 0.280 e. The maximum absolute atomic E-state index is 13.0.